The molecule has 6 rings (SSSR count). The average molecular weight is 577 g/mol. The summed E-state index contributed by atoms with van der Waals surface area (Å²) in [4.78, 5) is 29.6. The number of hydrogen-bond donors (Lipinski definition) is 1. The van der Waals surface area contributed by atoms with Crippen molar-refractivity contribution in [1.29, 1.82) is 0 Å². The molecule has 1 saturated heterocycles. The van der Waals surface area contributed by atoms with Crippen LogP contribution in [0.15, 0.2) is 36.5 Å². The van der Waals surface area contributed by atoms with Crippen molar-refractivity contribution >= 4 is 17.6 Å². The third-order valence-corrected chi connectivity index (χ3v) is 8.09. The number of piperidine rings is 1. The van der Waals surface area contributed by atoms with Crippen LogP contribution in [0.2, 0.25) is 0 Å². The number of alkyl halides is 3. The summed E-state index contributed by atoms with van der Waals surface area (Å²) in [6.07, 6.45) is -0.886. The zero-order valence-electron chi connectivity index (χ0n) is 22.3. The minimum absolute atomic E-state index is 0.0272. The third-order valence-electron chi connectivity index (χ3n) is 8.09. The summed E-state index contributed by atoms with van der Waals surface area (Å²) < 4.78 is 66.7. The van der Waals surface area contributed by atoms with Crippen molar-refractivity contribution in [2.45, 2.75) is 69.5 Å². The van der Waals surface area contributed by atoms with Gasteiger partial charge in [0.05, 0.1) is 5.41 Å². The minimum atomic E-state index is -4.39. The number of anilines is 1. The molecule has 2 aromatic heterocycles. The summed E-state index contributed by atoms with van der Waals surface area (Å²) in [5.41, 5.74) is 0.693. The number of amides is 2. The van der Waals surface area contributed by atoms with E-state index >= 15 is 0 Å². The molecule has 41 heavy (non-hydrogen) atoms. The number of fused-ring (bicyclic) bond motifs is 3. The number of carbonyl (C=O) groups excluding carboxylic acids is 2. The van der Waals surface area contributed by atoms with Crippen LogP contribution in [0.4, 0.5) is 27.8 Å². The standard InChI is InChI=1S/C15H14F5N3.C13H15N3O2/c16-11-5-2-4-10(14(11)17)9-3-1-6-12-21-22-13(23(12)8-9)7-15(18,19)20;1-9(17)16-7-4-13(5-8-16)10-3-2-6-14-11(10)15-12(13)18/h2,4-5,9H,1,3,6-8H2;2-3,6H,4-5,7-8H2,1H3,(H,14,15,18). The van der Waals surface area contributed by atoms with E-state index in [-0.39, 0.29) is 29.7 Å². The summed E-state index contributed by atoms with van der Waals surface area (Å²) in [6, 6.07) is 7.72. The van der Waals surface area contributed by atoms with Crippen molar-refractivity contribution in [1.82, 2.24) is 24.6 Å². The Morgan fingerprint density at radius 2 is 1.88 bits per heavy atom. The summed E-state index contributed by atoms with van der Waals surface area (Å²) in [7, 11) is 0. The number of hydrogen-bond acceptors (Lipinski definition) is 5. The number of aryl methyl sites for hydroxylation is 1. The van der Waals surface area contributed by atoms with Gasteiger partial charge in [0.2, 0.25) is 11.8 Å². The number of halogens is 5. The summed E-state index contributed by atoms with van der Waals surface area (Å²) >= 11 is 0. The highest BCUT2D eigenvalue weighted by atomic mass is 19.4. The maximum absolute atomic E-state index is 14.0. The van der Waals surface area contributed by atoms with Gasteiger partial charge in [-0.05, 0) is 43.4 Å². The molecule has 3 aliphatic heterocycles. The van der Waals surface area contributed by atoms with E-state index in [2.05, 4.69) is 20.5 Å². The second-order valence-electron chi connectivity index (χ2n) is 10.6. The summed E-state index contributed by atoms with van der Waals surface area (Å²) in [5, 5.41) is 10.3. The van der Waals surface area contributed by atoms with Gasteiger partial charge in [-0.25, -0.2) is 13.8 Å². The van der Waals surface area contributed by atoms with Crippen molar-refractivity contribution in [2.75, 3.05) is 18.4 Å². The van der Waals surface area contributed by atoms with E-state index in [1.54, 1.807) is 18.0 Å². The Bertz CT molecular complexity index is 1450. The molecule has 218 valence electrons. The first-order chi connectivity index (χ1) is 19.5. The number of likely N-dealkylation sites (tertiary alicyclic amines) is 1. The number of rotatable bonds is 2. The van der Waals surface area contributed by atoms with E-state index < -0.39 is 35.6 Å². The molecule has 8 nitrogen and oxygen atoms in total. The predicted molar refractivity (Wildman–Crippen MR) is 138 cm³/mol. The smallest absolute Gasteiger partial charge is 0.343 e. The first-order valence-corrected chi connectivity index (χ1v) is 13.4. The lowest BCUT2D eigenvalue weighted by Crippen LogP contribution is -2.47. The Morgan fingerprint density at radius 1 is 1.12 bits per heavy atom. The van der Waals surface area contributed by atoms with Gasteiger partial charge in [-0.3, -0.25) is 9.59 Å². The van der Waals surface area contributed by atoms with Crippen LogP contribution in [0.25, 0.3) is 0 Å². The van der Waals surface area contributed by atoms with Crippen LogP contribution in [0.3, 0.4) is 0 Å². The van der Waals surface area contributed by atoms with Gasteiger partial charge in [0.1, 0.15) is 23.9 Å². The van der Waals surface area contributed by atoms with E-state index in [1.165, 1.54) is 16.7 Å². The van der Waals surface area contributed by atoms with E-state index in [0.29, 0.717) is 56.8 Å². The van der Waals surface area contributed by atoms with Gasteiger partial charge in [0.25, 0.3) is 0 Å². The average Bonchev–Trinajstić information content (AvgIpc) is 3.32. The quantitative estimate of drug-likeness (QED) is 0.447. The highest BCUT2D eigenvalue weighted by molar-refractivity contribution is 6.05. The second-order valence-corrected chi connectivity index (χ2v) is 10.6. The Kier molecular flexibility index (Phi) is 7.80. The van der Waals surface area contributed by atoms with E-state index in [0.717, 1.165) is 11.6 Å². The van der Waals surface area contributed by atoms with Crippen LogP contribution in [-0.2, 0) is 34.4 Å². The van der Waals surface area contributed by atoms with Crippen molar-refractivity contribution < 1.29 is 31.5 Å². The van der Waals surface area contributed by atoms with Gasteiger partial charge in [0, 0.05) is 50.7 Å². The lowest BCUT2D eigenvalue weighted by atomic mass is 9.74. The summed E-state index contributed by atoms with van der Waals surface area (Å²) in [6.45, 7) is 2.96. The molecule has 2 amide bonds. The monoisotopic (exact) mass is 576 g/mol. The molecule has 1 fully saturated rings. The zero-order chi connectivity index (χ0) is 29.4. The molecule has 1 N–H and O–H groups in total. The molecule has 0 saturated carbocycles. The third kappa shape index (κ3) is 5.80. The molecule has 5 heterocycles. The number of pyridine rings is 1. The molecule has 1 aromatic carbocycles. The SMILES string of the molecule is CC(=O)N1CCC2(CC1)C(=O)Nc1ncccc12.Fc1cccc(C2CCCc3nnc(CC(F)(F)F)n3C2)c1F. The Hall–Kier alpha value is -3.90. The van der Waals surface area contributed by atoms with Crippen LogP contribution < -0.4 is 5.32 Å². The van der Waals surface area contributed by atoms with Crippen LogP contribution in [0, 0.1) is 11.6 Å². The highest BCUT2D eigenvalue weighted by Gasteiger charge is 2.49. The van der Waals surface area contributed by atoms with Crippen molar-refractivity contribution in [2.24, 2.45) is 0 Å². The summed E-state index contributed by atoms with van der Waals surface area (Å²) in [5.74, 6) is -1.24. The van der Waals surface area contributed by atoms with Crippen molar-refractivity contribution in [3.05, 3.63) is 70.9 Å². The van der Waals surface area contributed by atoms with E-state index in [9.17, 15) is 31.5 Å². The Balaban J connectivity index is 0.000000169. The maximum Gasteiger partial charge on any atom is 0.396 e. The highest BCUT2D eigenvalue weighted by Crippen LogP contribution is 2.43. The maximum atomic E-state index is 14.0. The molecule has 3 aliphatic rings. The molecular formula is C28H29F5N6O2. The Morgan fingerprint density at radius 3 is 2.59 bits per heavy atom. The lowest BCUT2D eigenvalue weighted by Gasteiger charge is -2.37. The Labute approximate surface area is 233 Å². The topological polar surface area (TPSA) is 93.0 Å². The molecule has 3 aromatic rings. The number of carbonyl (C=O) groups is 2. The van der Waals surface area contributed by atoms with Gasteiger partial charge in [-0.1, -0.05) is 18.2 Å². The molecule has 0 aliphatic carbocycles. The first kappa shape index (κ1) is 28.6. The van der Waals surface area contributed by atoms with Gasteiger partial charge >= 0.3 is 6.18 Å². The van der Waals surface area contributed by atoms with Gasteiger partial charge in [-0.2, -0.15) is 13.2 Å². The van der Waals surface area contributed by atoms with Crippen LogP contribution in [0.1, 0.15) is 61.3 Å². The largest absolute Gasteiger partial charge is 0.396 e. The molecule has 0 radical (unpaired) electrons. The van der Waals surface area contributed by atoms with E-state index in [4.69, 9.17) is 0 Å². The van der Waals surface area contributed by atoms with Crippen molar-refractivity contribution in [3.8, 4) is 0 Å². The second kappa shape index (κ2) is 11.2. The van der Waals surface area contributed by atoms with Gasteiger partial charge in [0.15, 0.2) is 11.6 Å². The number of nitrogens with zero attached hydrogens (tertiary/aromatic N) is 5. The fourth-order valence-corrected chi connectivity index (χ4v) is 5.93. The van der Waals surface area contributed by atoms with Crippen LogP contribution in [-0.4, -0.2) is 55.7 Å². The molecule has 1 spiro atoms. The number of benzene rings is 1. The number of nitrogens with one attached hydrogen (secondary N) is 1. The fourth-order valence-electron chi connectivity index (χ4n) is 5.93. The van der Waals surface area contributed by atoms with Crippen LogP contribution in [0.5, 0.6) is 0 Å². The number of aromatic nitrogens is 4. The predicted octanol–water partition coefficient (Wildman–Crippen LogP) is 4.70. The van der Waals surface area contributed by atoms with Crippen molar-refractivity contribution in [3.63, 3.8) is 0 Å². The van der Waals surface area contributed by atoms with Crippen LogP contribution >= 0.6 is 0 Å². The minimum Gasteiger partial charge on any atom is -0.343 e. The molecular weight excluding hydrogens is 547 g/mol. The normalized spacial score (nSPS) is 19.5. The zero-order valence-corrected chi connectivity index (χ0v) is 22.3. The van der Waals surface area contributed by atoms with E-state index in [1.807, 2.05) is 12.1 Å². The molecule has 1 atom stereocenters. The van der Waals surface area contributed by atoms with Gasteiger partial charge in [-0.15, -0.1) is 10.2 Å². The lowest BCUT2D eigenvalue weighted by molar-refractivity contribution is -0.133. The fraction of sp³-hybridized carbons (Fsp3) is 0.464. The first-order valence-electron chi connectivity index (χ1n) is 13.4. The molecule has 0 bridgehead atoms. The molecule has 1 unspecified atom stereocenters. The molecule has 13 heteroatoms. The van der Waals surface area contributed by atoms with Gasteiger partial charge < -0.3 is 14.8 Å².